The molecule has 4 atom stereocenters. The van der Waals surface area contributed by atoms with Crippen molar-refractivity contribution in [2.45, 2.75) is 77.1 Å². The molecule has 3 N–H and O–H groups in total. The van der Waals surface area contributed by atoms with E-state index in [-0.39, 0.29) is 42.0 Å². The van der Waals surface area contributed by atoms with E-state index >= 15 is 0 Å². The summed E-state index contributed by atoms with van der Waals surface area (Å²) >= 11 is 6.04. The third kappa shape index (κ3) is 8.44. The number of nitrogens with zero attached hydrogens (tertiary/aromatic N) is 1. The van der Waals surface area contributed by atoms with Crippen LogP contribution in [0.5, 0.6) is 5.75 Å². The third-order valence-corrected chi connectivity index (χ3v) is 8.42. The van der Waals surface area contributed by atoms with E-state index < -0.39 is 24.0 Å². The van der Waals surface area contributed by atoms with Gasteiger partial charge in [-0.3, -0.25) is 14.4 Å². The van der Waals surface area contributed by atoms with Crippen molar-refractivity contribution in [3.63, 3.8) is 0 Å². The number of halogens is 2. The van der Waals surface area contributed by atoms with Crippen molar-refractivity contribution >= 4 is 29.3 Å². The van der Waals surface area contributed by atoms with Gasteiger partial charge in [-0.15, -0.1) is 0 Å². The number of fused-ring (bicyclic) bond motifs is 1. The number of ether oxygens (including phenoxy) is 1. The molecular formula is C32H42ClFN4O4. The Kier molecular flexibility index (Phi) is 10.8. The minimum atomic E-state index is -0.850. The lowest BCUT2D eigenvalue weighted by Crippen LogP contribution is -2.57. The van der Waals surface area contributed by atoms with E-state index in [1.165, 1.54) is 17.0 Å². The summed E-state index contributed by atoms with van der Waals surface area (Å²) in [4.78, 5) is 41.8. The molecule has 0 spiro atoms. The number of rotatable bonds is 4. The van der Waals surface area contributed by atoms with Gasteiger partial charge in [0.1, 0.15) is 29.8 Å². The van der Waals surface area contributed by atoms with Gasteiger partial charge in [-0.25, -0.2) is 4.39 Å². The van der Waals surface area contributed by atoms with Gasteiger partial charge >= 0.3 is 0 Å². The fraction of sp³-hybridized carbons (Fsp3) is 0.531. The molecule has 0 aromatic heterocycles. The summed E-state index contributed by atoms with van der Waals surface area (Å²) in [6.07, 6.45) is 2.95. The van der Waals surface area contributed by atoms with Gasteiger partial charge in [0.25, 0.3) is 0 Å². The molecule has 8 nitrogen and oxygen atoms in total. The number of hydrogen-bond donors (Lipinski definition) is 3. The van der Waals surface area contributed by atoms with Crippen LogP contribution in [0.1, 0.15) is 51.2 Å². The maximum absolute atomic E-state index is 14.3. The summed E-state index contributed by atoms with van der Waals surface area (Å²) < 4.78 is 20.6. The van der Waals surface area contributed by atoms with Crippen LogP contribution in [0, 0.1) is 17.7 Å². The van der Waals surface area contributed by atoms with Crippen LogP contribution in [0.25, 0.3) is 0 Å². The molecule has 1 saturated carbocycles. The van der Waals surface area contributed by atoms with Crippen LogP contribution in [0.2, 0.25) is 5.02 Å². The number of amides is 3. The van der Waals surface area contributed by atoms with Gasteiger partial charge in [-0.05, 0) is 73.8 Å². The summed E-state index contributed by atoms with van der Waals surface area (Å²) in [5, 5.41) is 9.81. The maximum atomic E-state index is 14.3. The topological polar surface area (TPSA) is 99.8 Å². The van der Waals surface area contributed by atoms with Gasteiger partial charge in [0.05, 0.1) is 6.04 Å². The van der Waals surface area contributed by atoms with Crippen LogP contribution in [-0.2, 0) is 27.2 Å². The Hall–Kier alpha value is -3.17. The Morgan fingerprint density at radius 2 is 1.79 bits per heavy atom. The van der Waals surface area contributed by atoms with Crippen LogP contribution in [0.4, 0.5) is 4.39 Å². The number of carbonyl (C=O) groups excluding carboxylic acids is 3. The Labute approximate surface area is 252 Å². The first-order valence-corrected chi connectivity index (χ1v) is 15.2. The molecule has 1 heterocycles. The van der Waals surface area contributed by atoms with E-state index in [1.54, 1.807) is 32.2 Å². The summed E-state index contributed by atoms with van der Waals surface area (Å²) in [5.74, 6) is -0.578. The van der Waals surface area contributed by atoms with Crippen LogP contribution >= 0.6 is 11.6 Å². The van der Waals surface area contributed by atoms with E-state index in [1.807, 2.05) is 26.0 Å². The summed E-state index contributed by atoms with van der Waals surface area (Å²) in [7, 11) is 1.62. The maximum Gasteiger partial charge on any atom is 0.243 e. The Morgan fingerprint density at radius 3 is 2.45 bits per heavy atom. The second-order valence-corrected chi connectivity index (χ2v) is 12.2. The first-order valence-electron chi connectivity index (χ1n) is 14.8. The predicted molar refractivity (Wildman–Crippen MR) is 161 cm³/mol. The molecule has 0 radical (unpaired) electrons. The second-order valence-electron chi connectivity index (χ2n) is 11.8. The second kappa shape index (κ2) is 14.3. The molecule has 1 aliphatic heterocycles. The summed E-state index contributed by atoms with van der Waals surface area (Å²) in [6, 6.07) is 9.51. The smallest absolute Gasteiger partial charge is 0.243 e. The molecule has 228 valence electrons. The minimum Gasteiger partial charge on any atom is -0.488 e. The van der Waals surface area contributed by atoms with Gasteiger partial charge in [-0.1, -0.05) is 43.6 Å². The molecule has 1 aliphatic carbocycles. The molecule has 4 rings (SSSR count). The number of benzene rings is 2. The molecule has 3 amide bonds. The molecule has 2 aromatic carbocycles. The lowest BCUT2D eigenvalue weighted by molar-refractivity contribution is -0.141. The van der Waals surface area contributed by atoms with E-state index in [4.69, 9.17) is 16.3 Å². The van der Waals surface area contributed by atoms with E-state index in [2.05, 4.69) is 16.0 Å². The first-order chi connectivity index (χ1) is 20.0. The highest BCUT2D eigenvalue weighted by molar-refractivity contribution is 6.30. The molecule has 1 fully saturated rings. The number of hydrogen-bond acceptors (Lipinski definition) is 5. The van der Waals surface area contributed by atoms with E-state index in [0.717, 1.165) is 24.0 Å². The van der Waals surface area contributed by atoms with Gasteiger partial charge in [0, 0.05) is 37.6 Å². The fourth-order valence-corrected chi connectivity index (χ4v) is 5.23. The van der Waals surface area contributed by atoms with Crippen LogP contribution in [-0.4, -0.2) is 67.0 Å². The van der Waals surface area contributed by atoms with Crippen LogP contribution in [0.15, 0.2) is 42.5 Å². The average Bonchev–Trinajstić information content (AvgIpc) is 3.80. The largest absolute Gasteiger partial charge is 0.488 e. The Morgan fingerprint density at radius 1 is 1.07 bits per heavy atom. The minimum absolute atomic E-state index is 0.0912. The molecule has 2 aromatic rings. The standard InChI is InChI=1S/C32H42ClFN4O4/c1-19(2)28-18-36-29(23-9-10-23)32(41)38(4)20(3)30(39)37-26(16-21-7-12-24(33)13-8-21)31(40)35-15-5-6-22-11-14-25(34)17-27(22)42-28/h7-8,11-14,17,19-20,23,26,28-29,36H,5-6,9-10,15-16,18H2,1-4H3,(H,35,40)(H,37,39)/t20-,26-,28+,29+/m1/s1. The van der Waals surface area contributed by atoms with E-state index in [9.17, 15) is 18.8 Å². The van der Waals surface area contributed by atoms with Crippen LogP contribution < -0.4 is 20.7 Å². The van der Waals surface area contributed by atoms with Crippen molar-refractivity contribution in [1.82, 2.24) is 20.9 Å². The lowest BCUT2D eigenvalue weighted by atomic mass is 10.0. The summed E-state index contributed by atoms with van der Waals surface area (Å²) in [5.41, 5.74) is 1.68. The first kappa shape index (κ1) is 31.8. The molecule has 2 aliphatic rings. The molecule has 0 saturated heterocycles. The van der Waals surface area contributed by atoms with Crippen LogP contribution in [0.3, 0.4) is 0 Å². The molecule has 0 bridgehead atoms. The number of carbonyl (C=O) groups is 3. The van der Waals surface area contributed by atoms with E-state index in [0.29, 0.717) is 36.7 Å². The Balaban J connectivity index is 1.61. The molecule has 0 unspecified atom stereocenters. The molecule has 42 heavy (non-hydrogen) atoms. The van der Waals surface area contributed by atoms with Crippen molar-refractivity contribution in [1.29, 1.82) is 0 Å². The van der Waals surface area contributed by atoms with Crippen molar-refractivity contribution in [2.75, 3.05) is 20.1 Å². The highest BCUT2D eigenvalue weighted by Gasteiger charge is 2.40. The van der Waals surface area contributed by atoms with Gasteiger partial charge < -0.3 is 25.6 Å². The zero-order valence-corrected chi connectivity index (χ0v) is 25.5. The average molecular weight is 601 g/mol. The monoisotopic (exact) mass is 600 g/mol. The highest BCUT2D eigenvalue weighted by Crippen LogP contribution is 2.34. The van der Waals surface area contributed by atoms with Crippen molar-refractivity contribution in [3.8, 4) is 5.75 Å². The van der Waals surface area contributed by atoms with Crippen molar-refractivity contribution in [3.05, 3.63) is 64.4 Å². The molecular weight excluding hydrogens is 559 g/mol. The SMILES string of the molecule is CC(C)[C@@H]1CN[C@@H](C2CC2)C(=O)N(C)[C@H](C)C(=O)N[C@H](Cc2ccc(Cl)cc2)C(=O)NCCCc2ccc(F)cc2O1. The molecule has 10 heteroatoms. The lowest BCUT2D eigenvalue weighted by Gasteiger charge is -2.32. The normalized spacial score (nSPS) is 25.1. The number of likely N-dealkylation sites (N-methyl/N-ethyl adjacent to an activating group) is 1. The van der Waals surface area contributed by atoms with Gasteiger partial charge in [-0.2, -0.15) is 0 Å². The predicted octanol–water partition coefficient (Wildman–Crippen LogP) is 3.89. The zero-order chi connectivity index (χ0) is 30.4. The third-order valence-electron chi connectivity index (χ3n) is 8.17. The quantitative estimate of drug-likeness (QED) is 0.495. The summed E-state index contributed by atoms with van der Waals surface area (Å²) in [6.45, 7) is 6.47. The number of aryl methyl sites for hydroxylation is 1. The van der Waals surface area contributed by atoms with Crippen molar-refractivity contribution < 1.29 is 23.5 Å². The van der Waals surface area contributed by atoms with Gasteiger partial charge in [0.15, 0.2) is 0 Å². The Bertz CT molecular complexity index is 1250. The van der Waals surface area contributed by atoms with Crippen molar-refractivity contribution in [2.24, 2.45) is 11.8 Å². The highest BCUT2D eigenvalue weighted by atomic mass is 35.5. The fourth-order valence-electron chi connectivity index (χ4n) is 5.11. The van der Waals surface area contributed by atoms with Gasteiger partial charge in [0.2, 0.25) is 17.7 Å². The number of nitrogens with one attached hydrogen (secondary N) is 3. The zero-order valence-electron chi connectivity index (χ0n) is 24.8.